The topological polar surface area (TPSA) is 77.8 Å². The molecule has 2 N–H and O–H groups in total. The normalized spacial score (nSPS) is 10.9. The summed E-state index contributed by atoms with van der Waals surface area (Å²) < 4.78 is 6.35. The third kappa shape index (κ3) is 2.34. The van der Waals surface area contributed by atoms with Crippen molar-refractivity contribution in [3.63, 3.8) is 0 Å². The number of nitrogens with zero attached hydrogens (tertiary/aromatic N) is 3. The molecular weight excluding hydrogens is 340 g/mol. The summed E-state index contributed by atoms with van der Waals surface area (Å²) in [4.78, 5) is 9.41. The number of hydrogen-bond donors (Lipinski definition) is 1. The predicted octanol–water partition coefficient (Wildman–Crippen LogP) is 3.82. The van der Waals surface area contributed by atoms with Gasteiger partial charge in [0, 0.05) is 10.0 Å². The fourth-order valence-corrected chi connectivity index (χ4v) is 3.15. The molecule has 0 saturated heterocycles. The first-order chi connectivity index (χ1) is 9.54. The zero-order chi connectivity index (χ0) is 14.3. The third-order valence-corrected chi connectivity index (χ3v) is 4.33. The van der Waals surface area contributed by atoms with Crippen LogP contribution in [0.25, 0.3) is 22.2 Å². The number of benzene rings is 1. The van der Waals surface area contributed by atoms with E-state index in [4.69, 9.17) is 10.3 Å². The summed E-state index contributed by atoms with van der Waals surface area (Å²) in [6.07, 6.45) is 0. The lowest BCUT2D eigenvalue weighted by molar-refractivity contribution is 0.433. The van der Waals surface area contributed by atoms with Crippen LogP contribution in [-0.4, -0.2) is 15.1 Å². The summed E-state index contributed by atoms with van der Waals surface area (Å²) in [6.45, 7) is 3.88. The molecule has 1 aromatic carbocycles. The lowest BCUT2D eigenvalue weighted by atomic mass is 10.1. The van der Waals surface area contributed by atoms with Crippen LogP contribution >= 0.6 is 27.3 Å². The molecule has 20 heavy (non-hydrogen) atoms. The lowest BCUT2D eigenvalue weighted by Gasteiger charge is -2.00. The minimum Gasteiger partial charge on any atom is -0.375 e. The number of nitrogen functional groups attached to an aromatic ring is 1. The molecule has 0 radical (unpaired) electrons. The molecule has 0 aliphatic rings. The molecule has 0 spiro atoms. The summed E-state index contributed by atoms with van der Waals surface area (Å²) in [5.41, 5.74) is 8.51. The van der Waals surface area contributed by atoms with E-state index < -0.39 is 0 Å². The van der Waals surface area contributed by atoms with Crippen molar-refractivity contribution in [1.82, 2.24) is 15.1 Å². The fourth-order valence-electron chi connectivity index (χ4n) is 1.92. The minimum absolute atomic E-state index is 0.453. The van der Waals surface area contributed by atoms with Crippen LogP contribution in [0.3, 0.4) is 0 Å². The zero-order valence-corrected chi connectivity index (χ0v) is 13.2. The van der Waals surface area contributed by atoms with E-state index in [0.29, 0.717) is 16.8 Å². The van der Waals surface area contributed by atoms with Crippen LogP contribution in [0.2, 0.25) is 0 Å². The van der Waals surface area contributed by atoms with Crippen LogP contribution < -0.4 is 5.73 Å². The van der Waals surface area contributed by atoms with Gasteiger partial charge in [-0.2, -0.15) is 4.98 Å². The van der Waals surface area contributed by atoms with Gasteiger partial charge in [-0.05, 0) is 37.6 Å². The molecule has 0 aliphatic carbocycles. The van der Waals surface area contributed by atoms with Gasteiger partial charge in [0.15, 0.2) is 5.13 Å². The van der Waals surface area contributed by atoms with Crippen LogP contribution in [0.1, 0.15) is 11.3 Å². The Kier molecular flexibility index (Phi) is 3.31. The third-order valence-electron chi connectivity index (χ3n) is 2.86. The standard InChI is InChI=1S/C13H11BrN4OS/c1-6-5-8(14)3-4-9(6)11-17-12(19-18-11)10-7(2)16-13(15)20-10/h3-5H,1-2H3,(H2,15,16). The van der Waals surface area contributed by atoms with Gasteiger partial charge >= 0.3 is 0 Å². The largest absolute Gasteiger partial charge is 0.375 e. The smallest absolute Gasteiger partial charge is 0.270 e. The number of aromatic nitrogens is 3. The Morgan fingerprint density at radius 3 is 2.70 bits per heavy atom. The number of rotatable bonds is 2. The average molecular weight is 351 g/mol. The van der Waals surface area contributed by atoms with E-state index in [1.807, 2.05) is 32.0 Å². The maximum atomic E-state index is 5.69. The van der Waals surface area contributed by atoms with Gasteiger partial charge in [0.05, 0.1) is 5.69 Å². The molecule has 0 aliphatic heterocycles. The van der Waals surface area contributed by atoms with E-state index in [1.54, 1.807) is 0 Å². The maximum absolute atomic E-state index is 5.69. The number of nitrogens with two attached hydrogens (primary N) is 1. The minimum atomic E-state index is 0.453. The molecule has 2 aromatic heterocycles. The van der Waals surface area contributed by atoms with Crippen molar-refractivity contribution in [2.75, 3.05) is 5.73 Å². The van der Waals surface area contributed by atoms with Crippen LogP contribution in [0.4, 0.5) is 5.13 Å². The highest BCUT2D eigenvalue weighted by molar-refractivity contribution is 9.10. The van der Waals surface area contributed by atoms with Crippen LogP contribution in [0, 0.1) is 13.8 Å². The second kappa shape index (κ2) is 4.99. The number of halogens is 1. The monoisotopic (exact) mass is 350 g/mol. The highest BCUT2D eigenvalue weighted by atomic mass is 79.9. The van der Waals surface area contributed by atoms with Crippen molar-refractivity contribution in [3.05, 3.63) is 33.9 Å². The molecule has 3 aromatic rings. The van der Waals surface area contributed by atoms with E-state index in [2.05, 4.69) is 31.1 Å². The quantitative estimate of drug-likeness (QED) is 0.759. The Morgan fingerprint density at radius 1 is 1.25 bits per heavy atom. The number of hydrogen-bond acceptors (Lipinski definition) is 6. The Bertz CT molecular complexity index is 781. The molecule has 5 nitrogen and oxygen atoms in total. The van der Waals surface area contributed by atoms with Gasteiger partial charge in [-0.25, -0.2) is 4.98 Å². The van der Waals surface area contributed by atoms with E-state index in [-0.39, 0.29) is 0 Å². The van der Waals surface area contributed by atoms with Crippen molar-refractivity contribution in [2.24, 2.45) is 0 Å². The van der Waals surface area contributed by atoms with Crippen molar-refractivity contribution < 1.29 is 4.52 Å². The Labute approximate surface area is 128 Å². The van der Waals surface area contributed by atoms with Crippen LogP contribution in [-0.2, 0) is 0 Å². The van der Waals surface area contributed by atoms with E-state index >= 15 is 0 Å². The van der Waals surface area contributed by atoms with Crippen molar-refractivity contribution in [1.29, 1.82) is 0 Å². The molecule has 7 heteroatoms. The first-order valence-corrected chi connectivity index (χ1v) is 7.49. The zero-order valence-electron chi connectivity index (χ0n) is 10.8. The molecule has 0 amide bonds. The second-order valence-electron chi connectivity index (χ2n) is 4.35. The fraction of sp³-hybridized carbons (Fsp3) is 0.154. The number of thiazole rings is 1. The number of anilines is 1. The van der Waals surface area contributed by atoms with Gasteiger partial charge in [0.25, 0.3) is 5.89 Å². The SMILES string of the molecule is Cc1cc(Br)ccc1-c1noc(-c2sc(N)nc2C)n1. The van der Waals surface area contributed by atoms with Crippen LogP contribution in [0.5, 0.6) is 0 Å². The molecule has 0 unspecified atom stereocenters. The van der Waals surface area contributed by atoms with Gasteiger partial charge in [-0.15, -0.1) is 0 Å². The molecule has 3 rings (SSSR count). The molecule has 0 saturated carbocycles. The van der Waals surface area contributed by atoms with Gasteiger partial charge in [-0.1, -0.05) is 32.4 Å². The number of aryl methyl sites for hydroxylation is 2. The average Bonchev–Trinajstić information content (AvgIpc) is 2.96. The summed E-state index contributed by atoms with van der Waals surface area (Å²) in [7, 11) is 0. The molecule has 0 fully saturated rings. The summed E-state index contributed by atoms with van der Waals surface area (Å²) in [5.74, 6) is 1.02. The molecular formula is C13H11BrN4OS. The Hall–Kier alpha value is -1.73. The van der Waals surface area contributed by atoms with E-state index in [9.17, 15) is 0 Å². The second-order valence-corrected chi connectivity index (χ2v) is 6.30. The van der Waals surface area contributed by atoms with Gasteiger partial charge < -0.3 is 10.3 Å². The van der Waals surface area contributed by atoms with Gasteiger partial charge in [0.2, 0.25) is 5.82 Å². The summed E-state index contributed by atoms with van der Waals surface area (Å²) in [5, 5.41) is 4.54. The van der Waals surface area contributed by atoms with Crippen molar-refractivity contribution in [3.8, 4) is 22.2 Å². The predicted molar refractivity (Wildman–Crippen MR) is 82.4 cm³/mol. The van der Waals surface area contributed by atoms with Crippen molar-refractivity contribution in [2.45, 2.75) is 13.8 Å². The Morgan fingerprint density at radius 2 is 2.05 bits per heavy atom. The Balaban J connectivity index is 2.04. The van der Waals surface area contributed by atoms with E-state index in [1.165, 1.54) is 11.3 Å². The van der Waals surface area contributed by atoms with Gasteiger partial charge in [-0.3, -0.25) is 0 Å². The van der Waals surface area contributed by atoms with E-state index in [0.717, 1.165) is 26.2 Å². The highest BCUT2D eigenvalue weighted by Gasteiger charge is 2.17. The van der Waals surface area contributed by atoms with Gasteiger partial charge in [0.1, 0.15) is 4.88 Å². The summed E-state index contributed by atoms with van der Waals surface area (Å²) in [6, 6.07) is 5.93. The molecule has 0 bridgehead atoms. The highest BCUT2D eigenvalue weighted by Crippen LogP contribution is 2.32. The molecule has 102 valence electrons. The first kappa shape index (κ1) is 13.3. The maximum Gasteiger partial charge on any atom is 0.270 e. The first-order valence-electron chi connectivity index (χ1n) is 5.88. The van der Waals surface area contributed by atoms with Crippen LogP contribution in [0.15, 0.2) is 27.2 Å². The summed E-state index contributed by atoms with van der Waals surface area (Å²) >= 11 is 4.78. The molecule has 2 heterocycles. The van der Waals surface area contributed by atoms with Crippen molar-refractivity contribution >= 4 is 32.4 Å². The lowest BCUT2D eigenvalue weighted by Crippen LogP contribution is -1.85. The molecule has 0 atom stereocenters.